The van der Waals surface area contributed by atoms with Gasteiger partial charge in [-0.05, 0) is 17.7 Å². The maximum Gasteiger partial charge on any atom is 0.387 e. The first-order valence-electron chi connectivity index (χ1n) is 6.91. The number of para-hydroxylation sites is 1. The van der Waals surface area contributed by atoms with Gasteiger partial charge in [0.05, 0.1) is 5.75 Å². The van der Waals surface area contributed by atoms with Crippen molar-refractivity contribution in [3.8, 4) is 5.75 Å². The van der Waals surface area contributed by atoms with Crippen LogP contribution in [0.4, 0.5) is 8.78 Å². The fourth-order valence-corrected chi connectivity index (χ4v) is 2.65. The Bertz CT molecular complexity index is 626. The standard InChI is InChI=1S/C16H16F2N2O2S/c17-16(18)22-14-6-2-1-5-13(14)9-20-15(21)11-23-10-12-4-3-7-19-8-12/h1-8,16H,9-11H2,(H,20,21). The minimum absolute atomic E-state index is 0.0748. The van der Waals surface area contributed by atoms with E-state index in [9.17, 15) is 13.6 Å². The van der Waals surface area contributed by atoms with E-state index in [4.69, 9.17) is 0 Å². The Balaban J connectivity index is 1.76. The third-order valence-corrected chi connectivity index (χ3v) is 3.89. The molecular weight excluding hydrogens is 322 g/mol. The molecule has 1 aromatic heterocycles. The minimum atomic E-state index is -2.89. The predicted octanol–water partition coefficient (Wildman–Crippen LogP) is 3.23. The number of hydrogen-bond donors (Lipinski definition) is 1. The van der Waals surface area contributed by atoms with Gasteiger partial charge in [-0.25, -0.2) is 0 Å². The number of halogens is 2. The fraction of sp³-hybridized carbons (Fsp3) is 0.250. The first kappa shape index (κ1) is 17.2. The van der Waals surface area contributed by atoms with Crippen LogP contribution in [0.15, 0.2) is 48.8 Å². The molecule has 0 unspecified atom stereocenters. The van der Waals surface area contributed by atoms with Gasteiger partial charge in [0.25, 0.3) is 0 Å². The van der Waals surface area contributed by atoms with Gasteiger partial charge in [-0.15, -0.1) is 11.8 Å². The SMILES string of the molecule is O=C(CSCc1cccnc1)NCc1ccccc1OC(F)F. The second-order valence-electron chi connectivity index (χ2n) is 4.62. The van der Waals surface area contributed by atoms with Gasteiger partial charge in [-0.1, -0.05) is 24.3 Å². The summed E-state index contributed by atoms with van der Waals surface area (Å²) >= 11 is 1.46. The van der Waals surface area contributed by atoms with Crippen molar-refractivity contribution in [2.24, 2.45) is 0 Å². The molecule has 4 nitrogen and oxygen atoms in total. The predicted molar refractivity (Wildman–Crippen MR) is 85.3 cm³/mol. The highest BCUT2D eigenvalue weighted by Crippen LogP contribution is 2.20. The van der Waals surface area contributed by atoms with Crippen LogP contribution < -0.4 is 10.1 Å². The number of ether oxygens (including phenoxy) is 1. The summed E-state index contributed by atoms with van der Waals surface area (Å²) < 4.78 is 29.0. The van der Waals surface area contributed by atoms with Gasteiger partial charge in [0.2, 0.25) is 5.91 Å². The number of benzene rings is 1. The summed E-state index contributed by atoms with van der Waals surface area (Å²) in [5, 5.41) is 2.70. The molecule has 0 aliphatic rings. The second kappa shape index (κ2) is 9.09. The quantitative estimate of drug-likeness (QED) is 0.803. The molecule has 0 saturated carbocycles. The Kier molecular flexibility index (Phi) is 6.80. The minimum Gasteiger partial charge on any atom is -0.434 e. The van der Waals surface area contributed by atoms with E-state index in [1.54, 1.807) is 30.6 Å². The lowest BCUT2D eigenvalue weighted by molar-refractivity contribution is -0.118. The number of nitrogens with zero attached hydrogens (tertiary/aromatic N) is 1. The average molecular weight is 338 g/mol. The van der Waals surface area contributed by atoms with Crippen molar-refractivity contribution >= 4 is 17.7 Å². The number of pyridine rings is 1. The van der Waals surface area contributed by atoms with Crippen molar-refractivity contribution in [1.29, 1.82) is 0 Å². The van der Waals surface area contributed by atoms with Crippen molar-refractivity contribution in [2.75, 3.05) is 5.75 Å². The van der Waals surface area contributed by atoms with Gasteiger partial charge < -0.3 is 10.1 Å². The smallest absolute Gasteiger partial charge is 0.387 e. The fourth-order valence-electron chi connectivity index (χ4n) is 1.85. The van der Waals surface area contributed by atoms with Crippen LogP contribution in [0.1, 0.15) is 11.1 Å². The van der Waals surface area contributed by atoms with Crippen LogP contribution in [-0.4, -0.2) is 23.3 Å². The van der Waals surface area contributed by atoms with Gasteiger partial charge in [-0.3, -0.25) is 9.78 Å². The number of carbonyl (C=O) groups excluding carboxylic acids is 1. The van der Waals surface area contributed by atoms with Crippen molar-refractivity contribution in [3.63, 3.8) is 0 Å². The van der Waals surface area contributed by atoms with Gasteiger partial charge >= 0.3 is 6.61 Å². The lowest BCUT2D eigenvalue weighted by Gasteiger charge is -2.11. The number of carbonyl (C=O) groups is 1. The third kappa shape index (κ3) is 6.23. The number of nitrogens with one attached hydrogen (secondary N) is 1. The molecule has 1 heterocycles. The molecule has 0 radical (unpaired) electrons. The first-order valence-corrected chi connectivity index (χ1v) is 8.06. The molecule has 0 atom stereocenters. The third-order valence-electron chi connectivity index (χ3n) is 2.89. The van der Waals surface area contributed by atoms with Gasteiger partial charge in [-0.2, -0.15) is 8.78 Å². The average Bonchev–Trinajstić information content (AvgIpc) is 2.54. The number of amides is 1. The summed E-state index contributed by atoms with van der Waals surface area (Å²) in [5.74, 6) is 0.885. The Morgan fingerprint density at radius 3 is 2.83 bits per heavy atom. The molecule has 1 N–H and O–H groups in total. The van der Waals surface area contributed by atoms with Crippen LogP contribution >= 0.6 is 11.8 Å². The summed E-state index contributed by atoms with van der Waals surface area (Å²) in [7, 11) is 0. The maximum atomic E-state index is 12.3. The first-order chi connectivity index (χ1) is 11.1. The number of thioether (sulfide) groups is 1. The molecule has 0 saturated heterocycles. The van der Waals surface area contributed by atoms with Crippen LogP contribution in [0, 0.1) is 0 Å². The van der Waals surface area contributed by atoms with Crippen molar-refractivity contribution < 1.29 is 18.3 Å². The van der Waals surface area contributed by atoms with Gasteiger partial charge in [0.1, 0.15) is 5.75 Å². The molecule has 0 aliphatic carbocycles. The van der Waals surface area contributed by atoms with E-state index in [-0.39, 0.29) is 24.0 Å². The topological polar surface area (TPSA) is 51.2 Å². The Morgan fingerprint density at radius 1 is 1.26 bits per heavy atom. The zero-order chi connectivity index (χ0) is 16.5. The van der Waals surface area contributed by atoms with E-state index in [0.717, 1.165) is 5.56 Å². The molecule has 122 valence electrons. The highest BCUT2D eigenvalue weighted by molar-refractivity contribution is 7.99. The molecule has 0 bridgehead atoms. The summed E-state index contributed by atoms with van der Waals surface area (Å²) in [6.07, 6.45) is 3.45. The molecule has 0 spiro atoms. The summed E-state index contributed by atoms with van der Waals surface area (Å²) in [5.41, 5.74) is 1.55. The lowest BCUT2D eigenvalue weighted by atomic mass is 10.2. The van der Waals surface area contributed by atoms with Crippen LogP contribution in [0.25, 0.3) is 0 Å². The summed E-state index contributed by atoms with van der Waals surface area (Å²) in [6, 6.07) is 10.2. The van der Waals surface area contributed by atoms with Crippen molar-refractivity contribution in [2.45, 2.75) is 18.9 Å². The molecule has 2 aromatic rings. The van der Waals surface area contributed by atoms with Crippen LogP contribution in [0.2, 0.25) is 0 Å². The van der Waals surface area contributed by atoms with E-state index in [1.807, 2.05) is 12.1 Å². The van der Waals surface area contributed by atoms with E-state index >= 15 is 0 Å². The number of hydrogen-bond acceptors (Lipinski definition) is 4. The van der Waals surface area contributed by atoms with E-state index in [0.29, 0.717) is 11.3 Å². The maximum absolute atomic E-state index is 12.3. The van der Waals surface area contributed by atoms with Crippen molar-refractivity contribution in [3.05, 3.63) is 59.9 Å². The zero-order valence-corrected chi connectivity index (χ0v) is 13.1. The highest BCUT2D eigenvalue weighted by Gasteiger charge is 2.10. The molecule has 7 heteroatoms. The van der Waals surface area contributed by atoms with Crippen molar-refractivity contribution in [1.82, 2.24) is 10.3 Å². The Morgan fingerprint density at radius 2 is 2.09 bits per heavy atom. The van der Waals surface area contributed by atoms with Crippen LogP contribution in [0.5, 0.6) is 5.75 Å². The van der Waals surface area contributed by atoms with Crippen LogP contribution in [0.3, 0.4) is 0 Å². The molecule has 2 rings (SSSR count). The zero-order valence-electron chi connectivity index (χ0n) is 12.2. The number of aromatic nitrogens is 1. The molecule has 0 aliphatic heterocycles. The number of alkyl halides is 2. The lowest BCUT2D eigenvalue weighted by Crippen LogP contribution is -2.25. The van der Waals surface area contributed by atoms with E-state index < -0.39 is 6.61 Å². The van der Waals surface area contributed by atoms with E-state index in [1.165, 1.54) is 17.8 Å². The summed E-state index contributed by atoms with van der Waals surface area (Å²) in [4.78, 5) is 15.8. The normalized spacial score (nSPS) is 10.6. The second-order valence-corrected chi connectivity index (χ2v) is 5.60. The molecular formula is C16H16F2N2O2S. The molecule has 23 heavy (non-hydrogen) atoms. The highest BCUT2D eigenvalue weighted by atomic mass is 32.2. The van der Waals surface area contributed by atoms with Gasteiger partial charge in [0.15, 0.2) is 0 Å². The molecule has 1 aromatic carbocycles. The van der Waals surface area contributed by atoms with Gasteiger partial charge in [0, 0.05) is 30.3 Å². The van der Waals surface area contributed by atoms with E-state index in [2.05, 4.69) is 15.0 Å². The van der Waals surface area contributed by atoms with Crippen LogP contribution in [-0.2, 0) is 17.1 Å². The molecule has 1 amide bonds. The Labute approximate surface area is 137 Å². The Hall–Kier alpha value is -2.15. The largest absolute Gasteiger partial charge is 0.434 e. The molecule has 0 fully saturated rings. The number of rotatable bonds is 8. The summed E-state index contributed by atoms with van der Waals surface area (Å²) in [6.45, 7) is -2.74. The monoisotopic (exact) mass is 338 g/mol.